The number of nitrogens with zero attached hydrogens (tertiary/aromatic N) is 1. The van der Waals surface area contributed by atoms with Crippen molar-refractivity contribution in [3.8, 4) is 11.1 Å². The summed E-state index contributed by atoms with van der Waals surface area (Å²) in [6.45, 7) is 4.00. The Kier molecular flexibility index (Phi) is 6.45. The van der Waals surface area contributed by atoms with Gasteiger partial charge in [0.2, 0.25) is 16.3 Å². The molecule has 0 unspecified atom stereocenters. The first-order chi connectivity index (χ1) is 9.34. The molecule has 0 spiro atoms. The van der Waals surface area contributed by atoms with Crippen LogP contribution in [0, 0.1) is 0 Å². The molecular weight excluding hydrogens is 257 g/mol. The molecule has 2 radical (unpaired) electrons. The third-order valence-electron chi connectivity index (χ3n) is 2.90. The zero-order valence-corrected chi connectivity index (χ0v) is 12.5. The van der Waals surface area contributed by atoms with Gasteiger partial charge in [0.1, 0.15) is 0 Å². The first kappa shape index (κ1) is 16.4. The second kappa shape index (κ2) is 7.85. The largest absolute Gasteiger partial charge is 0.282 e. The minimum atomic E-state index is 0. The van der Waals surface area contributed by atoms with Gasteiger partial charge >= 0.3 is 0 Å². The van der Waals surface area contributed by atoms with Gasteiger partial charge in [-0.25, -0.2) is 0 Å². The molecule has 0 atom stereocenters. The molecule has 1 nitrogen and oxygen atoms in total. The summed E-state index contributed by atoms with van der Waals surface area (Å²) in [7, 11) is 0. The van der Waals surface area contributed by atoms with Crippen LogP contribution in [0.3, 0.4) is 0 Å². The van der Waals surface area contributed by atoms with E-state index in [2.05, 4.69) is 63.7 Å². The fourth-order valence-electron chi connectivity index (χ4n) is 2.00. The van der Waals surface area contributed by atoms with Gasteiger partial charge in [-0.2, -0.15) is 0 Å². The standard InChI is InChI=1S/C15H10N.C2H6.CH4.Al/c1-2-4-12(5-3-1)14-7-6-13-8-9-16-11-15(13)10-14;1-2;;/h1-10H;1-2H3;1H4;. The van der Waals surface area contributed by atoms with Crippen molar-refractivity contribution in [3.05, 3.63) is 60.8 Å². The van der Waals surface area contributed by atoms with Crippen LogP contribution in [0.25, 0.3) is 21.9 Å². The summed E-state index contributed by atoms with van der Waals surface area (Å²) in [6, 6.07) is 18.9. The molecule has 3 rings (SSSR count). The van der Waals surface area contributed by atoms with E-state index in [9.17, 15) is 0 Å². The number of benzene rings is 2. The minimum absolute atomic E-state index is 0. The first-order valence-corrected chi connectivity index (χ1v) is 7.12. The summed E-state index contributed by atoms with van der Waals surface area (Å²) in [5, 5.41) is 2.42. The normalized spacial score (nSPS) is 9.30. The number of pyridine rings is 1. The van der Waals surface area contributed by atoms with Crippen molar-refractivity contribution in [2.24, 2.45) is 0 Å². The zero-order chi connectivity index (χ0) is 13.7. The number of hydrogen-bond donors (Lipinski definition) is 0. The van der Waals surface area contributed by atoms with E-state index in [1.807, 2.05) is 32.2 Å². The molecule has 1 aromatic heterocycles. The Morgan fingerprint density at radius 1 is 0.850 bits per heavy atom. The lowest BCUT2D eigenvalue weighted by atomic mass is 10.0. The van der Waals surface area contributed by atoms with E-state index in [0.29, 0.717) is 0 Å². The molecule has 0 bridgehead atoms. The van der Waals surface area contributed by atoms with Gasteiger partial charge in [0, 0.05) is 6.20 Å². The highest BCUT2D eigenvalue weighted by Gasteiger charge is 2.00. The number of rotatable bonds is 1. The predicted octanol–water partition coefficient (Wildman–Crippen LogP) is 4.36. The van der Waals surface area contributed by atoms with Crippen molar-refractivity contribution in [2.75, 3.05) is 0 Å². The molecule has 0 saturated heterocycles. The van der Waals surface area contributed by atoms with Crippen LogP contribution in [0.1, 0.15) is 21.3 Å². The highest BCUT2D eigenvalue weighted by molar-refractivity contribution is 6.37. The summed E-state index contributed by atoms with van der Waals surface area (Å²) in [5.41, 5.74) is 2.47. The van der Waals surface area contributed by atoms with Gasteiger partial charge in [0.25, 0.3) is 0 Å². The molecule has 20 heavy (non-hydrogen) atoms. The average Bonchev–Trinajstić information content (AvgIpc) is 2.50. The SMILES string of the molecule is C.CC.[Al][c]1nccc2ccc(-c3ccccc3)cc12. The molecule has 2 heteroatoms. The van der Waals surface area contributed by atoms with Gasteiger partial charge in [-0.3, -0.25) is 4.98 Å². The maximum absolute atomic E-state index is 4.31. The molecule has 0 fully saturated rings. The average molecular weight is 277 g/mol. The third-order valence-corrected chi connectivity index (χ3v) is 3.36. The number of hydrogen-bond acceptors (Lipinski definition) is 1. The molecule has 100 valence electrons. The van der Waals surface area contributed by atoms with E-state index in [0.717, 1.165) is 4.56 Å². The Bertz CT molecular complexity index is 663. The van der Waals surface area contributed by atoms with Crippen molar-refractivity contribution in [1.82, 2.24) is 4.98 Å². The van der Waals surface area contributed by atoms with Crippen LogP contribution < -0.4 is 4.56 Å². The van der Waals surface area contributed by atoms with Crippen molar-refractivity contribution >= 4 is 31.6 Å². The molecule has 3 aromatic rings. The molecule has 0 aliphatic heterocycles. The van der Waals surface area contributed by atoms with Gasteiger partial charge in [-0.05, 0) is 34.0 Å². The second-order valence-corrected chi connectivity index (χ2v) is 4.55. The highest BCUT2D eigenvalue weighted by Crippen LogP contribution is 2.22. The van der Waals surface area contributed by atoms with E-state index in [4.69, 9.17) is 0 Å². The fraction of sp³-hybridized carbons (Fsp3) is 0.167. The Balaban J connectivity index is 0.000000639. The maximum Gasteiger partial charge on any atom is 0.210 e. The molecule has 0 aliphatic carbocycles. The van der Waals surface area contributed by atoms with Crippen LogP contribution in [0.2, 0.25) is 0 Å². The fourth-order valence-corrected chi connectivity index (χ4v) is 2.34. The van der Waals surface area contributed by atoms with E-state index in [1.165, 1.54) is 21.9 Å². The zero-order valence-electron chi connectivity index (χ0n) is 11.3. The highest BCUT2D eigenvalue weighted by atomic mass is 27.0. The van der Waals surface area contributed by atoms with Crippen LogP contribution >= 0.6 is 0 Å². The van der Waals surface area contributed by atoms with E-state index < -0.39 is 0 Å². The molecule has 0 saturated carbocycles. The summed E-state index contributed by atoms with van der Waals surface area (Å²) >= 11 is 2.69. The van der Waals surface area contributed by atoms with Gasteiger partial charge in [0.15, 0.2) is 0 Å². The van der Waals surface area contributed by atoms with Crippen LogP contribution in [0.5, 0.6) is 0 Å². The van der Waals surface area contributed by atoms with Gasteiger partial charge in [0.05, 0.1) is 0 Å². The Labute approximate surface area is 130 Å². The number of fused-ring (bicyclic) bond motifs is 1. The monoisotopic (exact) mass is 277 g/mol. The molecule has 0 amide bonds. The quantitative estimate of drug-likeness (QED) is 0.602. The molecule has 2 aromatic carbocycles. The summed E-state index contributed by atoms with van der Waals surface area (Å²) in [6.07, 6.45) is 1.84. The van der Waals surface area contributed by atoms with Crippen molar-refractivity contribution in [3.63, 3.8) is 0 Å². The van der Waals surface area contributed by atoms with E-state index in [1.54, 1.807) is 0 Å². The Morgan fingerprint density at radius 2 is 1.55 bits per heavy atom. The Morgan fingerprint density at radius 3 is 2.25 bits per heavy atom. The van der Waals surface area contributed by atoms with Gasteiger partial charge in [-0.15, -0.1) is 0 Å². The van der Waals surface area contributed by atoms with Gasteiger partial charge in [-0.1, -0.05) is 68.3 Å². The van der Waals surface area contributed by atoms with Crippen molar-refractivity contribution < 1.29 is 0 Å². The second-order valence-electron chi connectivity index (χ2n) is 4.00. The smallest absolute Gasteiger partial charge is 0.210 e. The Hall–Kier alpha value is -1.62. The van der Waals surface area contributed by atoms with E-state index in [-0.39, 0.29) is 7.43 Å². The van der Waals surface area contributed by atoms with Crippen LogP contribution in [0.15, 0.2) is 60.8 Å². The first-order valence-electron chi connectivity index (χ1n) is 6.54. The molecule has 1 heterocycles. The lowest BCUT2D eigenvalue weighted by Crippen LogP contribution is -2.08. The lowest BCUT2D eigenvalue weighted by molar-refractivity contribution is 1.42. The summed E-state index contributed by atoms with van der Waals surface area (Å²) < 4.78 is 1.00. The summed E-state index contributed by atoms with van der Waals surface area (Å²) in [4.78, 5) is 4.31. The van der Waals surface area contributed by atoms with Crippen molar-refractivity contribution in [1.29, 1.82) is 0 Å². The topological polar surface area (TPSA) is 12.9 Å². The molecule has 0 aliphatic rings. The number of aromatic nitrogens is 1. The summed E-state index contributed by atoms with van der Waals surface area (Å²) in [5.74, 6) is 0. The predicted molar refractivity (Wildman–Crippen MR) is 90.6 cm³/mol. The van der Waals surface area contributed by atoms with Crippen molar-refractivity contribution in [2.45, 2.75) is 21.3 Å². The van der Waals surface area contributed by atoms with Crippen LogP contribution in [-0.4, -0.2) is 21.3 Å². The molecular formula is C18H20AlN. The van der Waals surface area contributed by atoms with Crippen LogP contribution in [-0.2, 0) is 0 Å². The minimum Gasteiger partial charge on any atom is -0.282 e. The van der Waals surface area contributed by atoms with E-state index >= 15 is 0 Å². The molecule has 0 N–H and O–H groups in total. The van der Waals surface area contributed by atoms with Gasteiger partial charge < -0.3 is 0 Å². The van der Waals surface area contributed by atoms with Crippen LogP contribution in [0.4, 0.5) is 0 Å². The third kappa shape index (κ3) is 3.48. The maximum atomic E-state index is 4.31. The lowest BCUT2D eigenvalue weighted by Gasteiger charge is -2.06.